The van der Waals surface area contributed by atoms with Crippen molar-refractivity contribution in [3.8, 4) is 5.75 Å². The smallest absolute Gasteiger partial charge is 0.339 e. The van der Waals surface area contributed by atoms with Crippen LogP contribution < -0.4 is 4.74 Å². The zero-order valence-corrected chi connectivity index (χ0v) is 13.0. The fourth-order valence-electron chi connectivity index (χ4n) is 1.82. The average Bonchev–Trinajstić information content (AvgIpc) is 2.47. The van der Waals surface area contributed by atoms with Crippen LogP contribution in [0.1, 0.15) is 24.2 Å². The van der Waals surface area contributed by atoms with Gasteiger partial charge in [0.05, 0.1) is 6.61 Å². The van der Waals surface area contributed by atoms with Crippen LogP contribution in [-0.2, 0) is 0 Å². The van der Waals surface area contributed by atoms with E-state index in [1.54, 1.807) is 24.3 Å². The molecule has 0 spiro atoms. The van der Waals surface area contributed by atoms with Gasteiger partial charge in [0.2, 0.25) is 0 Å². The summed E-state index contributed by atoms with van der Waals surface area (Å²) in [5.41, 5.74) is 0.223. The Morgan fingerprint density at radius 3 is 2.60 bits per heavy atom. The van der Waals surface area contributed by atoms with Gasteiger partial charge in [0.1, 0.15) is 11.3 Å². The number of rotatable bonds is 10. The van der Waals surface area contributed by atoms with Crippen LogP contribution in [0.3, 0.4) is 0 Å². The summed E-state index contributed by atoms with van der Waals surface area (Å²) >= 11 is 1.83. The van der Waals surface area contributed by atoms with E-state index in [-0.39, 0.29) is 5.56 Å². The maximum atomic E-state index is 11.0. The highest BCUT2D eigenvalue weighted by atomic mass is 32.2. The third-order valence-electron chi connectivity index (χ3n) is 3.05. The highest BCUT2D eigenvalue weighted by Crippen LogP contribution is 2.18. The molecule has 1 rings (SSSR count). The number of benzene rings is 1. The van der Waals surface area contributed by atoms with Gasteiger partial charge in [-0.1, -0.05) is 26.0 Å². The van der Waals surface area contributed by atoms with Gasteiger partial charge < -0.3 is 14.7 Å². The minimum Gasteiger partial charge on any atom is -0.492 e. The second kappa shape index (κ2) is 9.66. The van der Waals surface area contributed by atoms with Gasteiger partial charge in [-0.2, -0.15) is 11.8 Å². The van der Waals surface area contributed by atoms with Crippen LogP contribution in [0.4, 0.5) is 0 Å². The van der Waals surface area contributed by atoms with Crippen molar-refractivity contribution in [1.82, 2.24) is 4.90 Å². The lowest BCUT2D eigenvalue weighted by Gasteiger charge is -2.17. The Morgan fingerprint density at radius 2 is 1.95 bits per heavy atom. The van der Waals surface area contributed by atoms with Gasteiger partial charge in [0, 0.05) is 18.1 Å². The Morgan fingerprint density at radius 1 is 1.25 bits per heavy atom. The number of carboxylic acids is 1. The molecule has 1 N–H and O–H groups in total. The zero-order valence-electron chi connectivity index (χ0n) is 12.2. The lowest BCUT2D eigenvalue weighted by Crippen LogP contribution is -2.25. The normalized spacial score (nSPS) is 10.8. The van der Waals surface area contributed by atoms with Crippen molar-refractivity contribution in [2.24, 2.45) is 0 Å². The summed E-state index contributed by atoms with van der Waals surface area (Å²) in [5.74, 6) is 1.44. The highest BCUT2D eigenvalue weighted by Gasteiger charge is 2.09. The standard InChI is InChI=1S/C15H23NO3S/c1-3-16(4-2)9-11-20-12-10-19-14-8-6-5-7-13(14)15(17)18/h5-8H,3-4,9-12H2,1-2H3,(H,17,18). The van der Waals surface area contributed by atoms with Crippen LogP contribution in [0.15, 0.2) is 24.3 Å². The summed E-state index contributed by atoms with van der Waals surface area (Å²) in [7, 11) is 0. The minimum atomic E-state index is -0.949. The molecule has 0 aliphatic carbocycles. The van der Waals surface area contributed by atoms with Crippen LogP contribution in [0.5, 0.6) is 5.75 Å². The van der Waals surface area contributed by atoms with Crippen molar-refractivity contribution in [2.45, 2.75) is 13.8 Å². The van der Waals surface area contributed by atoms with E-state index in [9.17, 15) is 4.79 Å². The molecule has 4 nitrogen and oxygen atoms in total. The Bertz CT molecular complexity index is 408. The van der Waals surface area contributed by atoms with Crippen LogP contribution >= 0.6 is 11.8 Å². The molecule has 0 aliphatic heterocycles. The first-order chi connectivity index (χ1) is 9.69. The van der Waals surface area contributed by atoms with Crippen LogP contribution in [-0.4, -0.2) is 53.7 Å². The summed E-state index contributed by atoms with van der Waals surface area (Å²) in [6, 6.07) is 6.75. The first kappa shape index (κ1) is 16.9. The first-order valence-corrected chi connectivity index (χ1v) is 8.09. The van der Waals surface area contributed by atoms with E-state index in [1.807, 2.05) is 11.8 Å². The van der Waals surface area contributed by atoms with Gasteiger partial charge in [-0.3, -0.25) is 0 Å². The maximum absolute atomic E-state index is 11.0. The Kier molecular flexibility index (Phi) is 8.14. The topological polar surface area (TPSA) is 49.8 Å². The van der Waals surface area contributed by atoms with Crippen molar-refractivity contribution in [2.75, 3.05) is 37.7 Å². The SMILES string of the molecule is CCN(CC)CCSCCOc1ccccc1C(=O)O. The van der Waals surface area contributed by atoms with Gasteiger partial charge >= 0.3 is 5.97 Å². The molecule has 0 saturated heterocycles. The molecule has 0 atom stereocenters. The molecule has 112 valence electrons. The predicted octanol–water partition coefficient (Wildman–Crippen LogP) is 2.84. The van der Waals surface area contributed by atoms with Gasteiger partial charge in [-0.05, 0) is 25.2 Å². The number of carbonyl (C=O) groups is 1. The molecule has 0 saturated carbocycles. The number of carboxylic acid groups (broad SMARTS) is 1. The zero-order chi connectivity index (χ0) is 14.8. The fourth-order valence-corrected chi connectivity index (χ4v) is 2.61. The first-order valence-electron chi connectivity index (χ1n) is 6.94. The molecule has 1 aromatic carbocycles. The van der Waals surface area contributed by atoms with Crippen molar-refractivity contribution in [1.29, 1.82) is 0 Å². The van der Waals surface area contributed by atoms with E-state index in [2.05, 4.69) is 18.7 Å². The number of para-hydroxylation sites is 1. The van der Waals surface area contributed by atoms with E-state index in [0.717, 1.165) is 31.1 Å². The lowest BCUT2D eigenvalue weighted by molar-refractivity contribution is 0.0692. The highest BCUT2D eigenvalue weighted by molar-refractivity contribution is 7.99. The van der Waals surface area contributed by atoms with Gasteiger partial charge in [-0.25, -0.2) is 4.79 Å². The molecule has 0 unspecified atom stereocenters. The third kappa shape index (κ3) is 5.84. The summed E-state index contributed by atoms with van der Waals surface area (Å²) in [6.45, 7) is 8.12. The third-order valence-corrected chi connectivity index (χ3v) is 3.98. The molecule has 0 amide bonds. The monoisotopic (exact) mass is 297 g/mol. The number of ether oxygens (including phenoxy) is 1. The van der Waals surface area contributed by atoms with Crippen LogP contribution in [0, 0.1) is 0 Å². The van der Waals surface area contributed by atoms with Crippen LogP contribution in [0.2, 0.25) is 0 Å². The molecule has 5 heteroatoms. The average molecular weight is 297 g/mol. The van der Waals surface area contributed by atoms with Crippen molar-refractivity contribution in [3.05, 3.63) is 29.8 Å². The molecule has 0 fully saturated rings. The van der Waals surface area contributed by atoms with Crippen molar-refractivity contribution >= 4 is 17.7 Å². The molecule has 0 heterocycles. The molecule has 0 aliphatic rings. The van der Waals surface area contributed by atoms with Crippen LogP contribution in [0.25, 0.3) is 0 Å². The Labute approximate surface area is 125 Å². The number of nitrogens with zero attached hydrogens (tertiary/aromatic N) is 1. The second-order valence-electron chi connectivity index (χ2n) is 4.29. The number of hydrogen-bond donors (Lipinski definition) is 1. The molecule has 0 radical (unpaired) electrons. The van der Waals surface area contributed by atoms with E-state index >= 15 is 0 Å². The predicted molar refractivity (Wildman–Crippen MR) is 84.0 cm³/mol. The van der Waals surface area contributed by atoms with E-state index in [0.29, 0.717) is 12.4 Å². The van der Waals surface area contributed by atoms with Gasteiger partial charge in [-0.15, -0.1) is 0 Å². The maximum Gasteiger partial charge on any atom is 0.339 e. The molecular weight excluding hydrogens is 274 g/mol. The van der Waals surface area contributed by atoms with Crippen molar-refractivity contribution in [3.63, 3.8) is 0 Å². The summed E-state index contributed by atoms with van der Waals surface area (Å²) in [6.07, 6.45) is 0. The summed E-state index contributed by atoms with van der Waals surface area (Å²) < 4.78 is 5.54. The second-order valence-corrected chi connectivity index (χ2v) is 5.51. The Hall–Kier alpha value is -1.20. The lowest BCUT2D eigenvalue weighted by atomic mass is 10.2. The summed E-state index contributed by atoms with van der Waals surface area (Å²) in [4.78, 5) is 13.4. The van der Waals surface area contributed by atoms with E-state index in [4.69, 9.17) is 9.84 Å². The molecule has 1 aromatic rings. The van der Waals surface area contributed by atoms with E-state index in [1.165, 1.54) is 0 Å². The minimum absolute atomic E-state index is 0.223. The summed E-state index contributed by atoms with van der Waals surface area (Å²) in [5, 5.41) is 9.03. The largest absolute Gasteiger partial charge is 0.492 e. The van der Waals surface area contributed by atoms with E-state index < -0.39 is 5.97 Å². The quantitative estimate of drug-likeness (QED) is 0.673. The van der Waals surface area contributed by atoms with Gasteiger partial charge in [0.15, 0.2) is 0 Å². The number of hydrogen-bond acceptors (Lipinski definition) is 4. The molecule has 0 bridgehead atoms. The van der Waals surface area contributed by atoms with Crippen molar-refractivity contribution < 1.29 is 14.6 Å². The fraction of sp³-hybridized carbons (Fsp3) is 0.533. The number of thioether (sulfide) groups is 1. The molecule has 20 heavy (non-hydrogen) atoms. The Balaban J connectivity index is 2.23. The molecular formula is C15H23NO3S. The molecule has 0 aromatic heterocycles. The van der Waals surface area contributed by atoms with Gasteiger partial charge in [0.25, 0.3) is 0 Å². The number of aromatic carboxylic acids is 1.